The van der Waals surface area contributed by atoms with Crippen molar-refractivity contribution in [3.05, 3.63) is 35.9 Å². The van der Waals surface area contributed by atoms with Crippen molar-refractivity contribution in [1.29, 1.82) is 0 Å². The van der Waals surface area contributed by atoms with Gasteiger partial charge in [-0.25, -0.2) is 4.98 Å². The number of morpholine rings is 1. The number of hydrogen-bond acceptors (Lipinski definition) is 3. The Balaban J connectivity index is 2.03. The minimum atomic E-state index is 0.801. The van der Waals surface area contributed by atoms with Crippen molar-refractivity contribution in [2.24, 2.45) is 0 Å². The van der Waals surface area contributed by atoms with Crippen LogP contribution in [0.3, 0.4) is 0 Å². The molecule has 1 aliphatic heterocycles. The summed E-state index contributed by atoms with van der Waals surface area (Å²) >= 11 is 0. The molecule has 3 heteroatoms. The summed E-state index contributed by atoms with van der Waals surface area (Å²) in [5, 5.41) is 1.23. The largest absolute Gasteiger partial charge is 0.378 e. The van der Waals surface area contributed by atoms with E-state index in [0.29, 0.717) is 0 Å². The molecule has 1 saturated heterocycles. The lowest BCUT2D eigenvalue weighted by molar-refractivity contribution is 0.122. The topological polar surface area (TPSA) is 25.4 Å². The van der Waals surface area contributed by atoms with E-state index in [1.807, 2.05) is 0 Å². The zero-order valence-electron chi connectivity index (χ0n) is 10.7. The fourth-order valence-corrected chi connectivity index (χ4v) is 2.45. The lowest BCUT2D eigenvalue weighted by Crippen LogP contribution is -2.36. The Morgan fingerprint density at radius 2 is 2.00 bits per heavy atom. The molecule has 1 aliphatic rings. The van der Waals surface area contributed by atoms with Crippen LogP contribution in [0.5, 0.6) is 0 Å². The lowest BCUT2D eigenvalue weighted by atomic mass is 10.1. The van der Waals surface area contributed by atoms with Crippen LogP contribution in [-0.4, -0.2) is 31.3 Å². The van der Waals surface area contributed by atoms with Gasteiger partial charge in [-0.3, -0.25) is 0 Å². The smallest absolute Gasteiger partial charge is 0.129 e. The van der Waals surface area contributed by atoms with Gasteiger partial charge in [-0.15, -0.1) is 0 Å². The molecule has 3 rings (SSSR count). The normalized spacial score (nSPS) is 16.2. The highest BCUT2D eigenvalue weighted by atomic mass is 16.5. The van der Waals surface area contributed by atoms with Crippen LogP contribution in [0, 0.1) is 0 Å². The summed E-state index contributed by atoms with van der Waals surface area (Å²) in [6.07, 6.45) is 1.02. The third-order valence-electron chi connectivity index (χ3n) is 3.51. The van der Waals surface area contributed by atoms with Gasteiger partial charge in [0.2, 0.25) is 0 Å². The van der Waals surface area contributed by atoms with Crippen molar-refractivity contribution in [3.63, 3.8) is 0 Å². The van der Waals surface area contributed by atoms with Crippen LogP contribution in [0.4, 0.5) is 5.82 Å². The molecular formula is C15H18N2O. The first-order valence-electron chi connectivity index (χ1n) is 6.60. The number of ether oxygens (including phenoxy) is 1. The summed E-state index contributed by atoms with van der Waals surface area (Å²) in [5.74, 6) is 1.08. The Labute approximate surface area is 107 Å². The first kappa shape index (κ1) is 11.5. The van der Waals surface area contributed by atoms with Crippen molar-refractivity contribution in [1.82, 2.24) is 4.98 Å². The Hall–Kier alpha value is -1.61. The first-order valence-corrected chi connectivity index (χ1v) is 6.60. The molecule has 1 aromatic heterocycles. The number of hydrogen-bond donors (Lipinski definition) is 0. The molecule has 0 amide bonds. The van der Waals surface area contributed by atoms with E-state index in [-0.39, 0.29) is 0 Å². The van der Waals surface area contributed by atoms with Gasteiger partial charge in [0.25, 0.3) is 0 Å². The molecule has 0 bridgehead atoms. The lowest BCUT2D eigenvalue weighted by Gasteiger charge is -2.28. The Kier molecular flexibility index (Phi) is 3.15. The predicted octanol–water partition coefficient (Wildman–Crippen LogP) is 2.63. The van der Waals surface area contributed by atoms with Crippen LogP contribution in [0.1, 0.15) is 12.5 Å². The van der Waals surface area contributed by atoms with Gasteiger partial charge < -0.3 is 9.64 Å². The van der Waals surface area contributed by atoms with E-state index in [1.54, 1.807) is 0 Å². The summed E-state index contributed by atoms with van der Waals surface area (Å²) in [7, 11) is 0. The second-order valence-electron chi connectivity index (χ2n) is 4.61. The van der Waals surface area contributed by atoms with Crippen molar-refractivity contribution in [3.8, 4) is 0 Å². The van der Waals surface area contributed by atoms with Gasteiger partial charge in [0.1, 0.15) is 5.82 Å². The van der Waals surface area contributed by atoms with Gasteiger partial charge in [0, 0.05) is 18.5 Å². The molecule has 2 aromatic rings. The van der Waals surface area contributed by atoms with E-state index in [0.717, 1.165) is 44.1 Å². The van der Waals surface area contributed by atoms with Crippen LogP contribution >= 0.6 is 0 Å². The number of nitrogens with zero attached hydrogens (tertiary/aromatic N) is 2. The zero-order chi connectivity index (χ0) is 12.4. The van der Waals surface area contributed by atoms with Gasteiger partial charge in [0.15, 0.2) is 0 Å². The number of aromatic nitrogens is 1. The number of rotatable bonds is 2. The average Bonchev–Trinajstić information content (AvgIpc) is 2.47. The molecule has 0 spiro atoms. The Morgan fingerprint density at radius 1 is 1.17 bits per heavy atom. The van der Waals surface area contributed by atoms with Gasteiger partial charge in [-0.05, 0) is 24.1 Å². The highest BCUT2D eigenvalue weighted by Gasteiger charge is 2.13. The minimum absolute atomic E-state index is 0.801. The molecule has 0 aliphatic carbocycles. The van der Waals surface area contributed by atoms with E-state index >= 15 is 0 Å². The average molecular weight is 242 g/mol. The molecule has 0 atom stereocenters. The van der Waals surface area contributed by atoms with E-state index in [2.05, 4.69) is 42.2 Å². The highest BCUT2D eigenvalue weighted by molar-refractivity contribution is 5.83. The van der Waals surface area contributed by atoms with Crippen LogP contribution in [-0.2, 0) is 11.2 Å². The van der Waals surface area contributed by atoms with Crippen LogP contribution in [0.25, 0.3) is 10.9 Å². The fourth-order valence-electron chi connectivity index (χ4n) is 2.45. The molecule has 2 heterocycles. The first-order chi connectivity index (χ1) is 8.88. The van der Waals surface area contributed by atoms with Crippen molar-refractivity contribution >= 4 is 16.7 Å². The second kappa shape index (κ2) is 4.94. The second-order valence-corrected chi connectivity index (χ2v) is 4.61. The number of fused-ring (bicyclic) bond motifs is 1. The molecule has 0 radical (unpaired) electrons. The van der Waals surface area contributed by atoms with Crippen LogP contribution < -0.4 is 4.90 Å². The zero-order valence-corrected chi connectivity index (χ0v) is 10.7. The molecule has 18 heavy (non-hydrogen) atoms. The van der Waals surface area contributed by atoms with Crippen molar-refractivity contribution < 1.29 is 4.74 Å². The molecule has 0 saturated carbocycles. The number of aryl methyl sites for hydroxylation is 1. The monoisotopic (exact) mass is 242 g/mol. The number of benzene rings is 1. The maximum Gasteiger partial charge on any atom is 0.129 e. The third-order valence-corrected chi connectivity index (χ3v) is 3.51. The molecular weight excluding hydrogens is 224 g/mol. The number of anilines is 1. The summed E-state index contributed by atoms with van der Waals surface area (Å²) < 4.78 is 5.38. The van der Waals surface area contributed by atoms with E-state index in [1.165, 1.54) is 10.9 Å². The van der Waals surface area contributed by atoms with E-state index < -0.39 is 0 Å². The maximum atomic E-state index is 5.38. The standard InChI is InChI=1S/C15H18N2O/c1-2-12-4-3-5-13-6-7-14(16-15(12)13)17-8-10-18-11-9-17/h3-7H,2,8-11H2,1H3. The third kappa shape index (κ3) is 2.06. The number of para-hydroxylation sites is 1. The van der Waals surface area contributed by atoms with Crippen molar-refractivity contribution in [2.45, 2.75) is 13.3 Å². The summed E-state index contributed by atoms with van der Waals surface area (Å²) in [6, 6.07) is 10.7. The highest BCUT2D eigenvalue weighted by Crippen LogP contribution is 2.22. The van der Waals surface area contributed by atoms with E-state index in [9.17, 15) is 0 Å². The van der Waals surface area contributed by atoms with Gasteiger partial charge >= 0.3 is 0 Å². The van der Waals surface area contributed by atoms with Crippen LogP contribution in [0.2, 0.25) is 0 Å². The Bertz CT molecular complexity index is 547. The van der Waals surface area contributed by atoms with E-state index in [4.69, 9.17) is 9.72 Å². The molecule has 94 valence electrons. The minimum Gasteiger partial charge on any atom is -0.378 e. The SMILES string of the molecule is CCc1cccc2ccc(N3CCOCC3)nc12. The molecule has 1 fully saturated rings. The van der Waals surface area contributed by atoms with Gasteiger partial charge in [-0.2, -0.15) is 0 Å². The molecule has 0 unspecified atom stereocenters. The summed E-state index contributed by atoms with van der Waals surface area (Å²) in [4.78, 5) is 7.14. The van der Waals surface area contributed by atoms with Gasteiger partial charge in [0.05, 0.1) is 18.7 Å². The predicted molar refractivity (Wildman–Crippen MR) is 74.2 cm³/mol. The van der Waals surface area contributed by atoms with Crippen LogP contribution in [0.15, 0.2) is 30.3 Å². The summed E-state index contributed by atoms with van der Waals surface area (Å²) in [6.45, 7) is 5.65. The molecule has 3 nitrogen and oxygen atoms in total. The van der Waals surface area contributed by atoms with Crippen molar-refractivity contribution in [2.75, 3.05) is 31.2 Å². The molecule has 1 aromatic carbocycles. The molecule has 0 N–H and O–H groups in total. The number of pyridine rings is 1. The summed E-state index contributed by atoms with van der Waals surface area (Å²) in [5.41, 5.74) is 2.46. The fraction of sp³-hybridized carbons (Fsp3) is 0.400. The Morgan fingerprint density at radius 3 is 2.78 bits per heavy atom. The van der Waals surface area contributed by atoms with Gasteiger partial charge in [-0.1, -0.05) is 25.1 Å². The quantitative estimate of drug-likeness (QED) is 0.809. The maximum absolute atomic E-state index is 5.38.